The summed E-state index contributed by atoms with van der Waals surface area (Å²) in [5.41, 5.74) is 0. The molecule has 1 aliphatic heterocycles. The number of rotatable bonds is 5. The van der Waals surface area contributed by atoms with E-state index in [1.54, 1.807) is 6.07 Å². The number of likely N-dealkylation sites (N-methyl/N-ethyl adjacent to an activating group) is 1. The van der Waals surface area contributed by atoms with E-state index in [1.807, 2.05) is 48.3 Å². The van der Waals surface area contributed by atoms with Crippen LogP contribution in [-0.4, -0.2) is 42.4 Å². The minimum atomic E-state index is -0.440. The predicted octanol–water partition coefficient (Wildman–Crippen LogP) is 2.26. The number of aliphatic hydroxyl groups excluding tert-OH is 1. The van der Waals surface area contributed by atoms with Gasteiger partial charge in [0, 0.05) is 6.07 Å². The van der Waals surface area contributed by atoms with Crippen LogP contribution in [0.4, 0.5) is 0 Å². The molecule has 0 spiro atoms. The van der Waals surface area contributed by atoms with Crippen LogP contribution in [0.1, 0.15) is 5.76 Å². The molecular weight excluding hydrogens is 270 g/mol. The summed E-state index contributed by atoms with van der Waals surface area (Å²) in [5.74, 6) is 2.00. The molecule has 1 fully saturated rings. The van der Waals surface area contributed by atoms with Crippen LogP contribution in [0.2, 0.25) is 0 Å². The molecule has 0 radical (unpaired) electrons. The highest BCUT2D eigenvalue weighted by Gasteiger charge is 2.30. The van der Waals surface area contributed by atoms with Crippen LogP contribution < -0.4 is 4.74 Å². The first-order valence-corrected chi connectivity index (χ1v) is 7.00. The fourth-order valence-electron chi connectivity index (χ4n) is 2.42. The van der Waals surface area contributed by atoms with Crippen molar-refractivity contribution in [3.63, 3.8) is 0 Å². The fraction of sp³-hybridized carbons (Fsp3) is 0.375. The lowest BCUT2D eigenvalue weighted by atomic mass is 10.2. The standard InChI is InChI=1S/C16H19NO4/c1-17(14-10-19-11-15(14)18)9-13-7-8-16(21-13)20-12-5-3-2-4-6-12/h2-8,14-15,18H,9-11H2,1H3/t14-,15-/m1/s1. The second-order valence-electron chi connectivity index (χ2n) is 5.22. The topological polar surface area (TPSA) is 55.1 Å². The molecule has 2 atom stereocenters. The molecule has 0 unspecified atom stereocenters. The van der Waals surface area contributed by atoms with Gasteiger partial charge in [-0.2, -0.15) is 0 Å². The Morgan fingerprint density at radius 1 is 1.19 bits per heavy atom. The van der Waals surface area contributed by atoms with E-state index < -0.39 is 6.10 Å². The normalized spacial score (nSPS) is 21.9. The van der Waals surface area contributed by atoms with E-state index in [0.717, 1.165) is 11.5 Å². The number of ether oxygens (including phenoxy) is 2. The predicted molar refractivity (Wildman–Crippen MR) is 77.3 cm³/mol. The van der Waals surface area contributed by atoms with Gasteiger partial charge in [0.2, 0.25) is 0 Å². The van der Waals surface area contributed by atoms with Gasteiger partial charge in [0.15, 0.2) is 0 Å². The number of benzene rings is 1. The highest BCUT2D eigenvalue weighted by molar-refractivity contribution is 5.26. The summed E-state index contributed by atoms with van der Waals surface area (Å²) < 4.78 is 16.6. The molecule has 21 heavy (non-hydrogen) atoms. The van der Waals surface area contributed by atoms with Gasteiger partial charge in [-0.25, -0.2) is 0 Å². The van der Waals surface area contributed by atoms with Gasteiger partial charge >= 0.3 is 0 Å². The monoisotopic (exact) mass is 289 g/mol. The summed E-state index contributed by atoms with van der Waals surface area (Å²) in [6.07, 6.45) is -0.440. The number of hydrogen-bond donors (Lipinski definition) is 1. The zero-order chi connectivity index (χ0) is 14.7. The van der Waals surface area contributed by atoms with E-state index in [1.165, 1.54) is 0 Å². The van der Waals surface area contributed by atoms with Gasteiger partial charge in [0.1, 0.15) is 11.5 Å². The van der Waals surface area contributed by atoms with Crippen molar-refractivity contribution < 1.29 is 19.0 Å². The van der Waals surface area contributed by atoms with Gasteiger partial charge in [-0.15, -0.1) is 0 Å². The van der Waals surface area contributed by atoms with Crippen LogP contribution in [0.15, 0.2) is 46.9 Å². The SMILES string of the molecule is CN(Cc1ccc(Oc2ccccc2)o1)[C@@H]1COC[C@H]1O. The summed E-state index contributed by atoms with van der Waals surface area (Å²) in [6, 6.07) is 13.2. The quantitative estimate of drug-likeness (QED) is 0.915. The van der Waals surface area contributed by atoms with Crippen molar-refractivity contribution in [1.82, 2.24) is 4.90 Å². The molecule has 0 aliphatic carbocycles. The molecule has 3 rings (SSSR count). The Morgan fingerprint density at radius 3 is 2.71 bits per heavy atom. The molecule has 1 aromatic carbocycles. The Morgan fingerprint density at radius 2 is 2.00 bits per heavy atom. The average Bonchev–Trinajstić information content (AvgIpc) is 3.09. The molecular formula is C16H19NO4. The lowest BCUT2D eigenvalue weighted by molar-refractivity contribution is 0.0888. The maximum atomic E-state index is 9.82. The molecule has 5 nitrogen and oxygen atoms in total. The Hall–Kier alpha value is -1.82. The summed E-state index contributed by atoms with van der Waals surface area (Å²) in [5, 5.41) is 9.82. The van der Waals surface area contributed by atoms with Crippen molar-refractivity contribution >= 4 is 0 Å². The number of hydrogen-bond acceptors (Lipinski definition) is 5. The molecule has 1 saturated heterocycles. The number of aliphatic hydroxyl groups is 1. The van der Waals surface area contributed by atoms with E-state index in [9.17, 15) is 5.11 Å². The van der Waals surface area contributed by atoms with Crippen LogP contribution in [0.25, 0.3) is 0 Å². The number of para-hydroxylation sites is 1. The first kappa shape index (κ1) is 14.1. The van der Waals surface area contributed by atoms with Gasteiger partial charge in [-0.3, -0.25) is 4.90 Å². The molecule has 5 heteroatoms. The molecule has 0 bridgehead atoms. The Labute approximate surface area is 123 Å². The van der Waals surface area contributed by atoms with Crippen molar-refractivity contribution in [2.45, 2.75) is 18.7 Å². The van der Waals surface area contributed by atoms with Crippen LogP contribution >= 0.6 is 0 Å². The smallest absolute Gasteiger partial charge is 0.290 e. The molecule has 112 valence electrons. The molecule has 1 aliphatic rings. The second-order valence-corrected chi connectivity index (χ2v) is 5.22. The summed E-state index contributed by atoms with van der Waals surface area (Å²) in [4.78, 5) is 2.03. The van der Waals surface area contributed by atoms with E-state index in [-0.39, 0.29) is 6.04 Å². The van der Waals surface area contributed by atoms with Crippen molar-refractivity contribution in [3.05, 3.63) is 48.2 Å². The minimum absolute atomic E-state index is 0.00796. The summed E-state index contributed by atoms with van der Waals surface area (Å²) in [6.45, 7) is 1.55. The van der Waals surface area contributed by atoms with Gasteiger partial charge in [-0.1, -0.05) is 18.2 Å². The Kier molecular flexibility index (Phi) is 4.24. The third-order valence-electron chi connectivity index (χ3n) is 3.59. The van der Waals surface area contributed by atoms with Crippen molar-refractivity contribution in [2.75, 3.05) is 20.3 Å². The number of nitrogens with zero attached hydrogens (tertiary/aromatic N) is 1. The van der Waals surface area contributed by atoms with Crippen molar-refractivity contribution in [3.8, 4) is 11.7 Å². The van der Waals surface area contributed by atoms with Gasteiger partial charge in [0.25, 0.3) is 5.95 Å². The van der Waals surface area contributed by atoms with Crippen molar-refractivity contribution in [1.29, 1.82) is 0 Å². The third-order valence-corrected chi connectivity index (χ3v) is 3.59. The fourth-order valence-corrected chi connectivity index (χ4v) is 2.42. The first-order chi connectivity index (χ1) is 10.2. The lowest BCUT2D eigenvalue weighted by Crippen LogP contribution is -2.39. The molecule has 0 amide bonds. The third kappa shape index (κ3) is 3.44. The zero-order valence-electron chi connectivity index (χ0n) is 11.9. The van der Waals surface area contributed by atoms with Crippen LogP contribution in [0.3, 0.4) is 0 Å². The summed E-state index contributed by atoms with van der Waals surface area (Å²) >= 11 is 0. The van der Waals surface area contributed by atoms with Gasteiger partial charge < -0.3 is 19.0 Å². The lowest BCUT2D eigenvalue weighted by Gasteiger charge is -2.24. The van der Waals surface area contributed by atoms with Crippen LogP contribution in [0.5, 0.6) is 11.7 Å². The van der Waals surface area contributed by atoms with Gasteiger partial charge in [0.05, 0.1) is 31.9 Å². The molecule has 1 aromatic heterocycles. The Bertz CT molecular complexity index is 569. The van der Waals surface area contributed by atoms with Crippen LogP contribution in [0, 0.1) is 0 Å². The second kappa shape index (κ2) is 6.30. The van der Waals surface area contributed by atoms with E-state index in [2.05, 4.69) is 0 Å². The number of furan rings is 1. The first-order valence-electron chi connectivity index (χ1n) is 7.00. The molecule has 0 saturated carbocycles. The molecule has 2 aromatic rings. The van der Waals surface area contributed by atoms with E-state index >= 15 is 0 Å². The van der Waals surface area contributed by atoms with E-state index in [0.29, 0.717) is 25.7 Å². The summed E-state index contributed by atoms with van der Waals surface area (Å²) in [7, 11) is 1.95. The average molecular weight is 289 g/mol. The van der Waals surface area contributed by atoms with Crippen LogP contribution in [-0.2, 0) is 11.3 Å². The van der Waals surface area contributed by atoms with Crippen molar-refractivity contribution in [2.24, 2.45) is 0 Å². The molecule has 2 heterocycles. The van der Waals surface area contributed by atoms with E-state index in [4.69, 9.17) is 13.9 Å². The largest absolute Gasteiger partial charge is 0.429 e. The Balaban J connectivity index is 1.60. The highest BCUT2D eigenvalue weighted by Crippen LogP contribution is 2.24. The highest BCUT2D eigenvalue weighted by atomic mass is 16.6. The molecule has 1 N–H and O–H groups in total. The van der Waals surface area contributed by atoms with Gasteiger partial charge in [-0.05, 0) is 25.2 Å². The maximum Gasteiger partial charge on any atom is 0.290 e. The maximum absolute atomic E-state index is 9.82. The zero-order valence-corrected chi connectivity index (χ0v) is 11.9. The minimum Gasteiger partial charge on any atom is -0.429 e.